The summed E-state index contributed by atoms with van der Waals surface area (Å²) in [6.07, 6.45) is 3.55. The van der Waals surface area contributed by atoms with Crippen molar-refractivity contribution in [3.8, 4) is 0 Å². The topological polar surface area (TPSA) is 25.8 Å². The summed E-state index contributed by atoms with van der Waals surface area (Å²) in [7, 11) is 0. The van der Waals surface area contributed by atoms with Gasteiger partial charge in [-0.15, -0.1) is 0 Å². The minimum absolute atomic E-state index is 0. The smallest absolute Gasteiger partial charge is 0.0654 e. The van der Waals surface area contributed by atoms with Crippen molar-refractivity contribution in [1.29, 1.82) is 0 Å². The van der Waals surface area contributed by atoms with Crippen molar-refractivity contribution < 1.29 is 0 Å². The maximum atomic E-state index is 4.02. The van der Waals surface area contributed by atoms with Crippen molar-refractivity contribution in [1.82, 2.24) is 9.97 Å². The van der Waals surface area contributed by atoms with Crippen LogP contribution in [0.2, 0.25) is 0 Å². The molecule has 0 bridgehead atoms. The second kappa shape index (κ2) is 18.2. The van der Waals surface area contributed by atoms with E-state index in [0.29, 0.717) is 0 Å². The predicted octanol–water partition coefficient (Wildman–Crippen LogP) is 1.67. The van der Waals surface area contributed by atoms with Gasteiger partial charge in [-0.3, -0.25) is 0 Å². The Balaban J connectivity index is -0.000000240. The fourth-order valence-electron chi connectivity index (χ4n) is 0.942. The number of aromatic nitrogens is 2. The van der Waals surface area contributed by atoms with Gasteiger partial charge in [0.15, 0.2) is 0 Å². The minimum atomic E-state index is 0. The van der Waals surface area contributed by atoms with Gasteiger partial charge < -0.3 is 0 Å². The molecule has 2 aromatic rings. The number of rotatable bonds is 0. The molecule has 0 amide bonds. The molecule has 2 nitrogen and oxygen atoms in total. The van der Waals surface area contributed by atoms with Crippen molar-refractivity contribution in [3.63, 3.8) is 0 Å². The molecule has 2 heterocycles. The molecule has 5 heteroatoms. The van der Waals surface area contributed by atoms with E-state index in [1.54, 1.807) is 26.2 Å². The molecule has 4 radical (unpaired) electrons. The summed E-state index contributed by atoms with van der Waals surface area (Å²) in [5.74, 6) is 0. The first-order valence-electron chi connectivity index (χ1n) is 6.20. The second-order valence-corrected chi connectivity index (χ2v) is 4.87. The van der Waals surface area contributed by atoms with Crippen LogP contribution in [0.25, 0.3) is 0 Å². The normalized spacial score (nSPS) is 7.52. The molecule has 0 aromatic carbocycles. The number of nitrogens with zero attached hydrogens (tertiary/aromatic N) is 2. The van der Waals surface area contributed by atoms with Crippen molar-refractivity contribution in [2.75, 3.05) is 0 Å². The predicted molar refractivity (Wildman–Crippen MR) is 96.5 cm³/mol. The van der Waals surface area contributed by atoms with Gasteiger partial charge in [-0.1, -0.05) is 27.7 Å². The molecule has 0 aliphatic carbocycles. The van der Waals surface area contributed by atoms with Gasteiger partial charge in [0.2, 0.25) is 0 Å². The van der Waals surface area contributed by atoms with E-state index in [2.05, 4.69) is 55.8 Å². The van der Waals surface area contributed by atoms with Gasteiger partial charge in [0, 0.05) is 0 Å². The molecule has 0 N–H and O–H groups in total. The van der Waals surface area contributed by atoms with Crippen molar-refractivity contribution in [2.24, 2.45) is 0 Å². The molecular formula is C16H22N2Se2Sn. The van der Waals surface area contributed by atoms with Crippen LogP contribution in [0.1, 0.15) is 25.0 Å². The summed E-state index contributed by atoms with van der Waals surface area (Å²) >= 11 is 5.72. The zero-order valence-electron chi connectivity index (χ0n) is 13.1. The summed E-state index contributed by atoms with van der Waals surface area (Å²) in [4.78, 5) is 8.05. The Labute approximate surface area is 163 Å². The molecule has 0 aliphatic heterocycles. The van der Waals surface area contributed by atoms with Gasteiger partial charge in [-0.05, 0) is 0 Å². The molecule has 0 saturated carbocycles. The molecule has 0 atom stereocenters. The van der Waals surface area contributed by atoms with Crippen LogP contribution in [0.3, 0.4) is 0 Å². The molecule has 0 spiro atoms. The van der Waals surface area contributed by atoms with Crippen LogP contribution >= 0.6 is 0 Å². The zero-order valence-corrected chi connectivity index (χ0v) is 19.4. The number of hydrogen-bond donors (Lipinski definition) is 0. The maximum absolute atomic E-state index is 4.02. The Bertz CT molecular complexity index is 380. The monoisotopic (exact) mass is 522 g/mol. The number of aryl methyl sites for hydroxylation is 2. The van der Waals surface area contributed by atoms with Crippen LogP contribution in [0.15, 0.2) is 36.7 Å². The fraction of sp³-hybridized carbons (Fsp3) is 0.250. The van der Waals surface area contributed by atoms with Gasteiger partial charge in [-0.2, -0.15) is 0 Å². The Morgan fingerprint density at radius 3 is 1.19 bits per heavy atom. The molecular weight excluding hydrogens is 497 g/mol. The quantitative estimate of drug-likeness (QED) is 0.496. The van der Waals surface area contributed by atoms with E-state index in [9.17, 15) is 0 Å². The second-order valence-electron chi connectivity index (χ2n) is 3.25. The molecule has 0 aliphatic rings. The fourth-order valence-corrected chi connectivity index (χ4v) is 1.48. The summed E-state index contributed by atoms with van der Waals surface area (Å²) in [5.41, 5.74) is 2.40. The average molecular weight is 519 g/mol. The van der Waals surface area contributed by atoms with E-state index in [-0.39, 0.29) is 23.9 Å². The van der Waals surface area contributed by atoms with Crippen LogP contribution in [0, 0.1) is 27.7 Å². The first kappa shape index (κ1) is 26.1. The van der Waals surface area contributed by atoms with E-state index < -0.39 is 0 Å². The summed E-state index contributed by atoms with van der Waals surface area (Å²) < 4.78 is 1.99. The minimum Gasteiger partial charge on any atom is -0.0654 e. The Kier molecular flexibility index (Phi) is 22.6. The summed E-state index contributed by atoms with van der Waals surface area (Å²) in [6.45, 7) is 14.1. The third-order valence-corrected chi connectivity index (χ3v) is 3.72. The first-order valence-corrected chi connectivity index (χ1v) is 7.91. The first-order chi connectivity index (χ1) is 9.61. The van der Waals surface area contributed by atoms with Crippen LogP contribution in [-0.2, 0) is 0 Å². The van der Waals surface area contributed by atoms with Crippen LogP contribution in [0.4, 0.5) is 0 Å². The standard InChI is InChI=1S/2C6H7NSe.2C2H5.Sn/c2*1-5-3-2-4-7-6(5)8;2*1-2;/h2*2-4H,1H3,(H,7,8);2*1H2,2H3;/q;;;;+2/p-2. The molecule has 0 saturated heterocycles. The molecule has 0 fully saturated rings. The van der Waals surface area contributed by atoms with Gasteiger partial charge >= 0.3 is 137 Å². The Morgan fingerprint density at radius 2 is 1.05 bits per heavy atom. The van der Waals surface area contributed by atoms with E-state index >= 15 is 0 Å². The zero-order chi connectivity index (χ0) is 16.0. The van der Waals surface area contributed by atoms with Crippen LogP contribution in [0.5, 0.6) is 0 Å². The van der Waals surface area contributed by atoms with Crippen molar-refractivity contribution in [2.45, 2.75) is 27.7 Å². The third kappa shape index (κ3) is 13.5. The van der Waals surface area contributed by atoms with Gasteiger partial charge in [0.25, 0.3) is 0 Å². The van der Waals surface area contributed by atoms with E-state index in [1.807, 2.05) is 38.1 Å². The van der Waals surface area contributed by atoms with Crippen LogP contribution in [-0.4, -0.2) is 65.9 Å². The number of pyridine rings is 2. The molecule has 0 unspecified atom stereocenters. The molecule has 112 valence electrons. The van der Waals surface area contributed by atoms with Crippen molar-refractivity contribution in [3.05, 3.63) is 61.6 Å². The summed E-state index contributed by atoms with van der Waals surface area (Å²) in [5, 5.41) is 0. The SMILES string of the molecule is Cc1cccnc1[Se-].Cc1cccnc1[Se-].[CH2]C.[CH2]C.[Sn+2]. The molecule has 2 aromatic heterocycles. The van der Waals surface area contributed by atoms with Gasteiger partial charge in [0.1, 0.15) is 0 Å². The van der Waals surface area contributed by atoms with Gasteiger partial charge in [0.05, 0.1) is 0 Å². The molecule has 2 rings (SSSR count). The van der Waals surface area contributed by atoms with E-state index in [1.165, 1.54) is 11.1 Å². The van der Waals surface area contributed by atoms with E-state index in [0.717, 1.165) is 9.18 Å². The number of hydrogen-bond acceptors (Lipinski definition) is 2. The Hall–Kier alpha value is 0.138. The summed E-state index contributed by atoms with van der Waals surface area (Å²) in [6, 6.07) is 7.91. The van der Waals surface area contributed by atoms with Gasteiger partial charge in [-0.25, -0.2) is 0 Å². The average Bonchev–Trinajstić information content (AvgIpc) is 2.50. The Morgan fingerprint density at radius 1 is 0.762 bits per heavy atom. The molecule has 21 heavy (non-hydrogen) atoms. The largest absolute Gasteiger partial charge is 2.00 e. The van der Waals surface area contributed by atoms with E-state index in [4.69, 9.17) is 0 Å². The third-order valence-electron chi connectivity index (χ3n) is 1.92. The maximum Gasteiger partial charge on any atom is 2.00 e. The van der Waals surface area contributed by atoms with Crippen LogP contribution < -0.4 is 9.18 Å². The van der Waals surface area contributed by atoms with Crippen molar-refractivity contribution >= 4 is 65.1 Å².